The van der Waals surface area contributed by atoms with E-state index in [2.05, 4.69) is 26.1 Å². The minimum Gasteiger partial charge on any atom is -0.368 e. The Morgan fingerprint density at radius 2 is 1.87 bits per heavy atom. The minimum atomic E-state index is -0.242. The first-order chi connectivity index (χ1) is 6.97. The Bertz CT molecular complexity index is 180. The number of nitrogens with one attached hydrogen (secondary N) is 1. The van der Waals surface area contributed by atoms with Crippen LogP contribution in [0.5, 0.6) is 0 Å². The molecule has 0 aromatic carbocycles. The molecule has 0 saturated heterocycles. The van der Waals surface area contributed by atoms with Gasteiger partial charge in [-0.15, -0.1) is 0 Å². The van der Waals surface area contributed by atoms with Gasteiger partial charge in [-0.25, -0.2) is 0 Å². The summed E-state index contributed by atoms with van der Waals surface area (Å²) >= 11 is 0. The van der Waals surface area contributed by atoms with E-state index in [4.69, 9.17) is 5.73 Å². The summed E-state index contributed by atoms with van der Waals surface area (Å²) in [5, 5.41) is 3.27. The summed E-state index contributed by atoms with van der Waals surface area (Å²) in [6.07, 6.45) is 4.34. The highest BCUT2D eigenvalue weighted by molar-refractivity contribution is 5.79. The molecule has 2 unspecified atom stereocenters. The first-order valence-electron chi connectivity index (χ1n) is 6.02. The second-order valence-corrected chi connectivity index (χ2v) is 4.76. The Kier molecular flexibility index (Phi) is 7.39. The van der Waals surface area contributed by atoms with Crippen molar-refractivity contribution in [3.05, 3.63) is 0 Å². The molecule has 15 heavy (non-hydrogen) atoms. The van der Waals surface area contributed by atoms with Gasteiger partial charge >= 0.3 is 0 Å². The first kappa shape index (κ1) is 14.4. The van der Waals surface area contributed by atoms with Crippen molar-refractivity contribution in [1.82, 2.24) is 5.32 Å². The standard InChI is InChI=1S/C12H26N2O/c1-5-11(12(13)15)14-10(4)8-6-7-9(2)3/h9-11,14H,5-8H2,1-4H3,(H2,13,15). The predicted molar refractivity (Wildman–Crippen MR) is 64.6 cm³/mol. The van der Waals surface area contributed by atoms with Gasteiger partial charge in [0.1, 0.15) is 0 Å². The van der Waals surface area contributed by atoms with E-state index in [0.29, 0.717) is 6.04 Å². The maximum Gasteiger partial charge on any atom is 0.234 e. The van der Waals surface area contributed by atoms with Crippen LogP contribution in [0.2, 0.25) is 0 Å². The lowest BCUT2D eigenvalue weighted by atomic mass is 10.0. The molecule has 0 radical (unpaired) electrons. The SMILES string of the molecule is CCC(NC(C)CCCC(C)C)C(N)=O. The van der Waals surface area contributed by atoms with Crippen LogP contribution in [-0.4, -0.2) is 18.0 Å². The number of carbonyl (C=O) groups is 1. The van der Waals surface area contributed by atoms with Gasteiger partial charge in [-0.1, -0.05) is 33.6 Å². The second kappa shape index (κ2) is 7.69. The van der Waals surface area contributed by atoms with E-state index in [1.165, 1.54) is 12.8 Å². The van der Waals surface area contributed by atoms with Gasteiger partial charge in [-0.3, -0.25) is 4.79 Å². The summed E-state index contributed by atoms with van der Waals surface area (Å²) in [4.78, 5) is 11.0. The molecule has 3 N–H and O–H groups in total. The zero-order valence-corrected chi connectivity index (χ0v) is 10.5. The maximum atomic E-state index is 11.0. The average molecular weight is 214 g/mol. The Morgan fingerprint density at radius 3 is 2.27 bits per heavy atom. The van der Waals surface area contributed by atoms with Crippen molar-refractivity contribution in [1.29, 1.82) is 0 Å². The molecule has 0 aromatic rings. The Balaban J connectivity index is 3.71. The molecule has 3 nitrogen and oxygen atoms in total. The van der Waals surface area contributed by atoms with Crippen molar-refractivity contribution in [2.24, 2.45) is 11.7 Å². The Labute approximate surface area is 93.8 Å². The molecule has 0 aliphatic carbocycles. The monoisotopic (exact) mass is 214 g/mol. The minimum absolute atomic E-state index is 0.168. The number of hydrogen-bond acceptors (Lipinski definition) is 2. The number of hydrogen-bond donors (Lipinski definition) is 2. The molecule has 0 bridgehead atoms. The lowest BCUT2D eigenvalue weighted by molar-refractivity contribution is -0.120. The van der Waals surface area contributed by atoms with Crippen molar-refractivity contribution in [2.45, 2.75) is 65.5 Å². The van der Waals surface area contributed by atoms with Gasteiger partial charge in [0.15, 0.2) is 0 Å². The van der Waals surface area contributed by atoms with Gasteiger partial charge in [0, 0.05) is 6.04 Å². The fourth-order valence-corrected chi connectivity index (χ4v) is 1.66. The number of rotatable bonds is 8. The molecule has 0 aliphatic rings. The van der Waals surface area contributed by atoms with Gasteiger partial charge in [0.2, 0.25) is 5.91 Å². The second-order valence-electron chi connectivity index (χ2n) is 4.76. The molecular weight excluding hydrogens is 188 g/mol. The van der Waals surface area contributed by atoms with Crippen LogP contribution in [0.4, 0.5) is 0 Å². The Hall–Kier alpha value is -0.570. The predicted octanol–water partition coefficient (Wildman–Crippen LogP) is 2.05. The van der Waals surface area contributed by atoms with Gasteiger partial charge < -0.3 is 11.1 Å². The summed E-state index contributed by atoms with van der Waals surface area (Å²) < 4.78 is 0. The van der Waals surface area contributed by atoms with Crippen molar-refractivity contribution >= 4 is 5.91 Å². The third kappa shape index (κ3) is 7.37. The van der Waals surface area contributed by atoms with E-state index in [0.717, 1.165) is 18.8 Å². The largest absolute Gasteiger partial charge is 0.368 e. The molecule has 0 saturated carbocycles. The van der Waals surface area contributed by atoms with E-state index in [-0.39, 0.29) is 11.9 Å². The summed E-state index contributed by atoms with van der Waals surface area (Å²) in [7, 11) is 0. The van der Waals surface area contributed by atoms with Crippen LogP contribution < -0.4 is 11.1 Å². The molecule has 0 aliphatic heterocycles. The van der Waals surface area contributed by atoms with E-state index in [1.807, 2.05) is 6.92 Å². The lowest BCUT2D eigenvalue weighted by Crippen LogP contribution is -2.45. The van der Waals surface area contributed by atoms with Gasteiger partial charge in [0.05, 0.1) is 6.04 Å². The zero-order chi connectivity index (χ0) is 11.8. The molecule has 0 heterocycles. The first-order valence-corrected chi connectivity index (χ1v) is 6.02. The molecule has 2 atom stereocenters. The third-order valence-electron chi connectivity index (χ3n) is 2.66. The average Bonchev–Trinajstić information content (AvgIpc) is 2.13. The molecule has 0 aromatic heterocycles. The van der Waals surface area contributed by atoms with Crippen LogP contribution in [0.25, 0.3) is 0 Å². The number of nitrogens with two attached hydrogens (primary N) is 1. The maximum absolute atomic E-state index is 11.0. The van der Waals surface area contributed by atoms with Crippen molar-refractivity contribution < 1.29 is 4.79 Å². The Morgan fingerprint density at radius 1 is 1.27 bits per heavy atom. The lowest BCUT2D eigenvalue weighted by Gasteiger charge is -2.19. The van der Waals surface area contributed by atoms with Crippen LogP contribution in [0.3, 0.4) is 0 Å². The molecule has 0 fully saturated rings. The smallest absolute Gasteiger partial charge is 0.234 e. The fourth-order valence-electron chi connectivity index (χ4n) is 1.66. The molecule has 0 rings (SSSR count). The highest BCUT2D eigenvalue weighted by atomic mass is 16.1. The van der Waals surface area contributed by atoms with E-state index in [1.54, 1.807) is 0 Å². The quantitative estimate of drug-likeness (QED) is 0.650. The fraction of sp³-hybridized carbons (Fsp3) is 0.917. The van der Waals surface area contributed by atoms with Crippen molar-refractivity contribution in [3.63, 3.8) is 0 Å². The zero-order valence-electron chi connectivity index (χ0n) is 10.5. The van der Waals surface area contributed by atoms with Crippen LogP contribution in [0, 0.1) is 5.92 Å². The van der Waals surface area contributed by atoms with Crippen molar-refractivity contribution in [2.75, 3.05) is 0 Å². The molecule has 3 heteroatoms. The van der Waals surface area contributed by atoms with Crippen LogP contribution in [0.1, 0.15) is 53.4 Å². The number of amides is 1. The molecule has 0 spiro atoms. The van der Waals surface area contributed by atoms with Crippen LogP contribution >= 0.6 is 0 Å². The van der Waals surface area contributed by atoms with Crippen LogP contribution in [-0.2, 0) is 4.79 Å². The summed E-state index contributed by atoms with van der Waals surface area (Å²) in [6, 6.07) is 0.209. The topological polar surface area (TPSA) is 55.1 Å². The molecular formula is C12H26N2O. The van der Waals surface area contributed by atoms with E-state index >= 15 is 0 Å². The van der Waals surface area contributed by atoms with Crippen molar-refractivity contribution in [3.8, 4) is 0 Å². The van der Waals surface area contributed by atoms with Gasteiger partial charge in [-0.05, 0) is 25.7 Å². The highest BCUT2D eigenvalue weighted by Crippen LogP contribution is 2.08. The van der Waals surface area contributed by atoms with E-state index < -0.39 is 0 Å². The summed E-state index contributed by atoms with van der Waals surface area (Å²) in [6.45, 7) is 8.56. The molecule has 90 valence electrons. The highest BCUT2D eigenvalue weighted by Gasteiger charge is 2.14. The van der Waals surface area contributed by atoms with Gasteiger partial charge in [-0.2, -0.15) is 0 Å². The van der Waals surface area contributed by atoms with Gasteiger partial charge in [0.25, 0.3) is 0 Å². The third-order valence-corrected chi connectivity index (χ3v) is 2.66. The summed E-state index contributed by atoms with van der Waals surface area (Å²) in [5.41, 5.74) is 5.27. The normalized spacial score (nSPS) is 15.3. The van der Waals surface area contributed by atoms with Crippen LogP contribution in [0.15, 0.2) is 0 Å². The molecule has 1 amide bonds. The summed E-state index contributed by atoms with van der Waals surface area (Å²) in [5.74, 6) is 0.517. The number of carbonyl (C=O) groups excluding carboxylic acids is 1. The number of primary amides is 1. The van der Waals surface area contributed by atoms with E-state index in [9.17, 15) is 4.79 Å².